The Bertz CT molecular complexity index is 682. The van der Waals surface area contributed by atoms with Gasteiger partial charge in [0.05, 0.1) is 0 Å². The smallest absolute Gasteiger partial charge is 0.194 e. The fourth-order valence-electron chi connectivity index (χ4n) is 2.98. The van der Waals surface area contributed by atoms with Crippen LogP contribution in [-0.2, 0) is 19.3 Å². The molecule has 3 rings (SSSR count). The molecule has 0 amide bonds. The highest BCUT2D eigenvalue weighted by Gasteiger charge is 2.22. The van der Waals surface area contributed by atoms with Gasteiger partial charge < -0.3 is 9.32 Å². The van der Waals surface area contributed by atoms with E-state index in [1.54, 1.807) is 0 Å². The molecule has 22 heavy (non-hydrogen) atoms. The maximum Gasteiger partial charge on any atom is 0.194 e. The van der Waals surface area contributed by atoms with Crippen LogP contribution in [0.4, 0.5) is 0 Å². The van der Waals surface area contributed by atoms with Crippen LogP contribution in [0.15, 0.2) is 34.8 Å². The third-order valence-electron chi connectivity index (χ3n) is 4.15. The van der Waals surface area contributed by atoms with Gasteiger partial charge in [0.25, 0.3) is 0 Å². The SMILES string of the molecule is CCc1nc2c(o1)CCc1ccccc1/C2=C\CCN(C)C. The van der Waals surface area contributed by atoms with E-state index in [-0.39, 0.29) is 0 Å². The Kier molecular flexibility index (Phi) is 4.44. The summed E-state index contributed by atoms with van der Waals surface area (Å²) >= 11 is 0. The maximum absolute atomic E-state index is 5.96. The molecule has 1 aliphatic carbocycles. The molecular weight excluding hydrogens is 272 g/mol. The summed E-state index contributed by atoms with van der Waals surface area (Å²) in [6, 6.07) is 8.67. The van der Waals surface area contributed by atoms with Crippen molar-refractivity contribution < 1.29 is 4.42 Å². The third kappa shape index (κ3) is 3.00. The zero-order valence-corrected chi connectivity index (χ0v) is 13.7. The highest BCUT2D eigenvalue weighted by atomic mass is 16.4. The molecule has 0 spiro atoms. The van der Waals surface area contributed by atoms with Crippen molar-refractivity contribution in [2.75, 3.05) is 20.6 Å². The van der Waals surface area contributed by atoms with Crippen LogP contribution in [0, 0.1) is 0 Å². The molecule has 116 valence electrons. The number of aryl methyl sites for hydroxylation is 3. The zero-order chi connectivity index (χ0) is 15.5. The van der Waals surface area contributed by atoms with Gasteiger partial charge in [0, 0.05) is 25.0 Å². The van der Waals surface area contributed by atoms with Gasteiger partial charge in [-0.15, -0.1) is 0 Å². The number of fused-ring (bicyclic) bond motifs is 2. The number of hydrogen-bond donors (Lipinski definition) is 0. The monoisotopic (exact) mass is 296 g/mol. The molecule has 0 aliphatic heterocycles. The minimum atomic E-state index is 0.847. The topological polar surface area (TPSA) is 29.3 Å². The zero-order valence-electron chi connectivity index (χ0n) is 13.7. The molecule has 1 heterocycles. The van der Waals surface area contributed by atoms with Gasteiger partial charge in [-0.1, -0.05) is 37.3 Å². The highest BCUT2D eigenvalue weighted by molar-refractivity contribution is 5.81. The van der Waals surface area contributed by atoms with Gasteiger partial charge >= 0.3 is 0 Å². The number of benzene rings is 1. The molecule has 0 atom stereocenters. The van der Waals surface area contributed by atoms with E-state index in [0.29, 0.717) is 0 Å². The molecule has 2 aromatic rings. The second-order valence-electron chi connectivity index (χ2n) is 6.10. The Hall–Kier alpha value is -1.87. The van der Waals surface area contributed by atoms with Crippen molar-refractivity contribution >= 4 is 5.57 Å². The van der Waals surface area contributed by atoms with Crippen LogP contribution in [0.5, 0.6) is 0 Å². The summed E-state index contributed by atoms with van der Waals surface area (Å²) in [5.41, 5.74) is 5.01. The Labute approximate surface area is 132 Å². The number of oxazole rings is 1. The molecule has 0 unspecified atom stereocenters. The fraction of sp³-hybridized carbons (Fsp3) is 0.421. The quantitative estimate of drug-likeness (QED) is 0.861. The predicted octanol–water partition coefficient (Wildman–Crippen LogP) is 3.72. The Balaban J connectivity index is 2.06. The molecule has 0 saturated carbocycles. The van der Waals surface area contributed by atoms with E-state index in [1.165, 1.54) is 16.7 Å². The first-order valence-corrected chi connectivity index (χ1v) is 8.11. The predicted molar refractivity (Wildman–Crippen MR) is 90.0 cm³/mol. The molecule has 3 heteroatoms. The lowest BCUT2D eigenvalue weighted by Crippen LogP contribution is -2.12. The number of aromatic nitrogens is 1. The van der Waals surface area contributed by atoms with Crippen molar-refractivity contribution in [3.8, 4) is 0 Å². The lowest BCUT2D eigenvalue weighted by Gasteiger charge is -2.10. The number of nitrogens with zero attached hydrogens (tertiary/aromatic N) is 2. The summed E-state index contributed by atoms with van der Waals surface area (Å²) in [6.07, 6.45) is 6.14. The van der Waals surface area contributed by atoms with Crippen LogP contribution in [0.1, 0.15) is 41.8 Å². The summed E-state index contributed by atoms with van der Waals surface area (Å²) in [5, 5.41) is 0. The average molecular weight is 296 g/mol. The third-order valence-corrected chi connectivity index (χ3v) is 4.15. The summed E-state index contributed by atoms with van der Waals surface area (Å²) in [5.74, 6) is 1.90. The molecular formula is C19H24N2O. The van der Waals surface area contributed by atoms with E-state index in [0.717, 1.165) is 49.6 Å². The van der Waals surface area contributed by atoms with Crippen molar-refractivity contribution in [1.29, 1.82) is 0 Å². The summed E-state index contributed by atoms with van der Waals surface area (Å²) in [4.78, 5) is 6.97. The fourth-order valence-corrected chi connectivity index (χ4v) is 2.98. The lowest BCUT2D eigenvalue weighted by molar-refractivity contribution is 0.417. The minimum Gasteiger partial charge on any atom is -0.445 e. The van der Waals surface area contributed by atoms with E-state index >= 15 is 0 Å². The standard InChI is InChI=1S/C19H24N2O/c1-4-18-20-19-16(10-7-13-21(2)3)15-9-6-5-8-14(15)11-12-17(19)22-18/h5-6,8-10H,4,7,11-13H2,1-3H3/b16-10+. The van der Waals surface area contributed by atoms with Crippen LogP contribution in [-0.4, -0.2) is 30.5 Å². The first-order valence-electron chi connectivity index (χ1n) is 8.11. The van der Waals surface area contributed by atoms with Crippen LogP contribution in [0.3, 0.4) is 0 Å². The van der Waals surface area contributed by atoms with E-state index in [9.17, 15) is 0 Å². The van der Waals surface area contributed by atoms with E-state index in [2.05, 4.69) is 56.3 Å². The maximum atomic E-state index is 5.96. The summed E-state index contributed by atoms with van der Waals surface area (Å²) in [6.45, 7) is 3.13. The van der Waals surface area contributed by atoms with Crippen LogP contribution >= 0.6 is 0 Å². The van der Waals surface area contributed by atoms with Gasteiger partial charge in [0.15, 0.2) is 5.89 Å². The van der Waals surface area contributed by atoms with Crippen molar-refractivity contribution in [3.05, 3.63) is 58.8 Å². The van der Waals surface area contributed by atoms with Gasteiger partial charge in [-0.25, -0.2) is 4.98 Å². The number of rotatable bonds is 4. The summed E-state index contributed by atoms with van der Waals surface area (Å²) in [7, 11) is 4.21. The summed E-state index contributed by atoms with van der Waals surface area (Å²) < 4.78 is 5.96. The van der Waals surface area contributed by atoms with E-state index in [1.807, 2.05) is 0 Å². The van der Waals surface area contributed by atoms with Crippen molar-refractivity contribution in [1.82, 2.24) is 9.88 Å². The molecule has 0 N–H and O–H groups in total. The van der Waals surface area contributed by atoms with Gasteiger partial charge in [0.1, 0.15) is 11.5 Å². The van der Waals surface area contributed by atoms with Crippen LogP contribution in [0.2, 0.25) is 0 Å². The molecule has 0 radical (unpaired) electrons. The minimum absolute atomic E-state index is 0.847. The van der Waals surface area contributed by atoms with Crippen LogP contribution < -0.4 is 0 Å². The molecule has 0 fully saturated rings. The van der Waals surface area contributed by atoms with E-state index in [4.69, 9.17) is 9.40 Å². The molecule has 1 aliphatic rings. The first kappa shape index (κ1) is 15.0. The second kappa shape index (κ2) is 6.49. The van der Waals surface area contributed by atoms with Gasteiger partial charge in [-0.3, -0.25) is 0 Å². The normalized spacial score (nSPS) is 15.7. The Morgan fingerprint density at radius 3 is 2.82 bits per heavy atom. The van der Waals surface area contributed by atoms with E-state index < -0.39 is 0 Å². The largest absolute Gasteiger partial charge is 0.445 e. The van der Waals surface area contributed by atoms with Gasteiger partial charge in [-0.2, -0.15) is 0 Å². The Morgan fingerprint density at radius 1 is 1.23 bits per heavy atom. The lowest BCUT2D eigenvalue weighted by atomic mass is 9.97. The van der Waals surface area contributed by atoms with Crippen LogP contribution in [0.25, 0.3) is 5.57 Å². The highest BCUT2D eigenvalue weighted by Crippen LogP contribution is 2.33. The number of hydrogen-bond acceptors (Lipinski definition) is 3. The molecule has 1 aromatic carbocycles. The first-order chi connectivity index (χ1) is 10.7. The van der Waals surface area contributed by atoms with Gasteiger partial charge in [-0.05, 0) is 38.1 Å². The molecule has 1 aromatic heterocycles. The Morgan fingerprint density at radius 2 is 2.05 bits per heavy atom. The van der Waals surface area contributed by atoms with Crippen molar-refractivity contribution in [2.24, 2.45) is 0 Å². The molecule has 3 nitrogen and oxygen atoms in total. The average Bonchev–Trinajstić information content (AvgIpc) is 2.87. The van der Waals surface area contributed by atoms with Gasteiger partial charge in [0.2, 0.25) is 0 Å². The second-order valence-corrected chi connectivity index (χ2v) is 6.10. The van der Waals surface area contributed by atoms with Crippen molar-refractivity contribution in [3.63, 3.8) is 0 Å². The van der Waals surface area contributed by atoms with Crippen molar-refractivity contribution in [2.45, 2.75) is 32.6 Å². The molecule has 0 bridgehead atoms. The molecule has 0 saturated heterocycles.